The van der Waals surface area contributed by atoms with Crippen LogP contribution in [0.3, 0.4) is 0 Å². The van der Waals surface area contributed by atoms with Crippen LogP contribution in [0.5, 0.6) is 0 Å². The highest BCUT2D eigenvalue weighted by molar-refractivity contribution is 5.85. The molecule has 0 saturated heterocycles. The number of fused-ring (bicyclic) bond motifs is 1. The Hall–Kier alpha value is -2.21. The summed E-state index contributed by atoms with van der Waals surface area (Å²) in [5.74, 6) is 0.473. The maximum absolute atomic E-state index is 12.4. The molecule has 6 nitrogen and oxygen atoms in total. The van der Waals surface area contributed by atoms with Crippen LogP contribution in [0.2, 0.25) is 0 Å². The number of hydrogen-bond acceptors (Lipinski definition) is 4. The van der Waals surface area contributed by atoms with Crippen LogP contribution in [0.1, 0.15) is 0 Å². The zero-order valence-electron chi connectivity index (χ0n) is 10.4. The second-order valence-electron chi connectivity index (χ2n) is 4.13. The lowest BCUT2D eigenvalue weighted by Crippen LogP contribution is -2.12. The van der Waals surface area contributed by atoms with Gasteiger partial charge in [0.2, 0.25) is 0 Å². The van der Waals surface area contributed by atoms with E-state index < -0.39 is 0 Å². The van der Waals surface area contributed by atoms with E-state index in [2.05, 4.69) is 15.5 Å². The molecule has 98 valence electrons. The minimum atomic E-state index is -0.0541. The maximum atomic E-state index is 12.4. The summed E-state index contributed by atoms with van der Waals surface area (Å²) in [6.45, 7) is 0. The fourth-order valence-electron chi connectivity index (χ4n) is 2.06. The molecule has 3 aromatic rings. The van der Waals surface area contributed by atoms with Gasteiger partial charge in [-0.2, -0.15) is 0 Å². The molecule has 2 heterocycles. The largest absolute Gasteiger partial charge is 0.350 e. The van der Waals surface area contributed by atoms with Crippen molar-refractivity contribution in [3.8, 4) is 11.4 Å². The molecule has 0 unspecified atom stereocenters. The van der Waals surface area contributed by atoms with Gasteiger partial charge in [-0.1, -0.05) is 12.1 Å². The Labute approximate surface area is 115 Å². The second-order valence-corrected chi connectivity index (χ2v) is 4.13. The van der Waals surface area contributed by atoms with Crippen LogP contribution in [-0.2, 0) is 14.1 Å². The van der Waals surface area contributed by atoms with Crippen LogP contribution >= 0.6 is 12.4 Å². The van der Waals surface area contributed by atoms with E-state index in [0.717, 1.165) is 5.52 Å². The summed E-state index contributed by atoms with van der Waals surface area (Å²) in [5.41, 5.74) is 1.34. The Balaban J connectivity index is 0.00000133. The van der Waals surface area contributed by atoms with Gasteiger partial charge in [-0.3, -0.25) is 4.79 Å². The average molecular weight is 278 g/mol. The summed E-state index contributed by atoms with van der Waals surface area (Å²) >= 11 is 0. The highest BCUT2D eigenvalue weighted by Crippen LogP contribution is 2.15. The molecule has 2 aromatic heterocycles. The van der Waals surface area contributed by atoms with Crippen molar-refractivity contribution in [3.05, 3.63) is 40.7 Å². The first-order valence-corrected chi connectivity index (χ1v) is 5.49. The summed E-state index contributed by atoms with van der Waals surface area (Å²) in [6.07, 6.45) is 1.76. The number of para-hydroxylation sites is 1. The molecular formula is C12H12ClN5O. The Morgan fingerprint density at radius 3 is 2.58 bits per heavy atom. The third-order valence-corrected chi connectivity index (χ3v) is 2.96. The van der Waals surface area contributed by atoms with Crippen molar-refractivity contribution in [1.82, 2.24) is 24.8 Å². The molecule has 0 aliphatic carbocycles. The molecule has 0 bridgehead atoms. The number of rotatable bonds is 1. The Kier molecular flexibility index (Phi) is 3.35. The van der Waals surface area contributed by atoms with E-state index >= 15 is 0 Å². The van der Waals surface area contributed by atoms with Gasteiger partial charge in [-0.05, 0) is 22.6 Å². The fraction of sp³-hybridized carbons (Fsp3) is 0.167. The molecule has 0 spiro atoms. The molecule has 0 radical (unpaired) electrons. The van der Waals surface area contributed by atoms with Gasteiger partial charge in [0.15, 0.2) is 11.3 Å². The van der Waals surface area contributed by atoms with E-state index in [9.17, 15) is 4.79 Å². The molecule has 19 heavy (non-hydrogen) atoms. The first kappa shape index (κ1) is 13.2. The normalized spacial score (nSPS) is 10.4. The van der Waals surface area contributed by atoms with Crippen molar-refractivity contribution in [3.63, 3.8) is 0 Å². The Morgan fingerprint density at radius 1 is 1.16 bits per heavy atom. The molecule has 0 amide bonds. The minimum absolute atomic E-state index is 0. The van der Waals surface area contributed by atoms with Gasteiger partial charge < -0.3 is 4.57 Å². The number of hydrogen-bond donors (Lipinski definition) is 0. The van der Waals surface area contributed by atoms with Crippen molar-refractivity contribution in [2.24, 2.45) is 14.1 Å². The van der Waals surface area contributed by atoms with Crippen LogP contribution in [0.15, 0.2) is 35.3 Å². The smallest absolute Gasteiger partial charge is 0.200 e. The first-order chi connectivity index (χ1) is 8.68. The molecule has 0 aliphatic heterocycles. The SMILES string of the molecule is Cl.Cn1nnnc1-c1cn(C)c2ccccc2c1=O. The molecular weight excluding hydrogens is 266 g/mol. The molecule has 1 aromatic carbocycles. The van der Waals surface area contributed by atoms with Crippen LogP contribution in [0.4, 0.5) is 0 Å². The van der Waals surface area contributed by atoms with E-state index in [1.54, 1.807) is 13.2 Å². The number of aromatic nitrogens is 5. The van der Waals surface area contributed by atoms with Gasteiger partial charge in [-0.25, -0.2) is 4.68 Å². The topological polar surface area (TPSA) is 65.6 Å². The number of tetrazole rings is 1. The lowest BCUT2D eigenvalue weighted by atomic mass is 10.1. The van der Waals surface area contributed by atoms with Crippen molar-refractivity contribution >= 4 is 23.3 Å². The maximum Gasteiger partial charge on any atom is 0.200 e. The Bertz CT molecular complexity index is 792. The highest BCUT2D eigenvalue weighted by Gasteiger charge is 2.13. The average Bonchev–Trinajstić information content (AvgIpc) is 2.80. The lowest BCUT2D eigenvalue weighted by Gasteiger charge is -2.07. The summed E-state index contributed by atoms with van der Waals surface area (Å²) in [4.78, 5) is 12.4. The van der Waals surface area contributed by atoms with Crippen molar-refractivity contribution in [2.45, 2.75) is 0 Å². The van der Waals surface area contributed by atoms with E-state index in [-0.39, 0.29) is 17.8 Å². The number of aryl methyl sites for hydroxylation is 2. The van der Waals surface area contributed by atoms with E-state index in [1.165, 1.54) is 4.68 Å². The van der Waals surface area contributed by atoms with Crippen LogP contribution in [-0.4, -0.2) is 24.8 Å². The monoisotopic (exact) mass is 277 g/mol. The number of nitrogens with zero attached hydrogens (tertiary/aromatic N) is 5. The van der Waals surface area contributed by atoms with Gasteiger partial charge in [0.25, 0.3) is 0 Å². The molecule has 0 fully saturated rings. The highest BCUT2D eigenvalue weighted by atomic mass is 35.5. The Morgan fingerprint density at radius 2 is 1.89 bits per heavy atom. The van der Waals surface area contributed by atoms with Gasteiger partial charge in [0.05, 0.1) is 11.1 Å². The standard InChI is InChI=1S/C12H11N5O.ClH/c1-16-7-9(12-13-14-15-17(12)2)11(18)8-5-3-4-6-10(8)16;/h3-7H,1-2H3;1H. The molecule has 0 saturated carbocycles. The van der Waals surface area contributed by atoms with Crippen molar-refractivity contribution < 1.29 is 0 Å². The predicted molar refractivity (Wildman–Crippen MR) is 74.2 cm³/mol. The van der Waals surface area contributed by atoms with Gasteiger partial charge >= 0.3 is 0 Å². The van der Waals surface area contributed by atoms with Gasteiger partial charge in [0, 0.05) is 25.7 Å². The van der Waals surface area contributed by atoms with Gasteiger partial charge in [-0.15, -0.1) is 17.5 Å². The molecule has 0 N–H and O–H groups in total. The zero-order chi connectivity index (χ0) is 12.7. The molecule has 0 aliphatic rings. The van der Waals surface area contributed by atoms with Crippen molar-refractivity contribution in [2.75, 3.05) is 0 Å². The third kappa shape index (κ3) is 2.00. The fourth-order valence-corrected chi connectivity index (χ4v) is 2.06. The van der Waals surface area contributed by atoms with Crippen LogP contribution in [0.25, 0.3) is 22.3 Å². The number of benzene rings is 1. The van der Waals surface area contributed by atoms with E-state index in [0.29, 0.717) is 16.8 Å². The van der Waals surface area contributed by atoms with Gasteiger partial charge in [0.1, 0.15) is 0 Å². The minimum Gasteiger partial charge on any atom is -0.350 e. The van der Waals surface area contributed by atoms with E-state index in [4.69, 9.17) is 0 Å². The lowest BCUT2D eigenvalue weighted by molar-refractivity contribution is 0.714. The third-order valence-electron chi connectivity index (χ3n) is 2.96. The summed E-state index contributed by atoms with van der Waals surface area (Å²) < 4.78 is 3.40. The number of halogens is 1. The quantitative estimate of drug-likeness (QED) is 0.669. The molecule has 3 rings (SSSR count). The summed E-state index contributed by atoms with van der Waals surface area (Å²) in [6, 6.07) is 7.48. The number of pyridine rings is 1. The summed E-state index contributed by atoms with van der Waals surface area (Å²) in [5, 5.41) is 11.9. The zero-order valence-corrected chi connectivity index (χ0v) is 11.3. The second kappa shape index (κ2) is 4.81. The van der Waals surface area contributed by atoms with Crippen LogP contribution in [0, 0.1) is 0 Å². The predicted octanol–water partition coefficient (Wildman–Crippen LogP) is 1.15. The molecule has 7 heteroatoms. The van der Waals surface area contributed by atoms with Crippen LogP contribution < -0.4 is 5.43 Å². The van der Waals surface area contributed by atoms with Crippen molar-refractivity contribution in [1.29, 1.82) is 0 Å². The first-order valence-electron chi connectivity index (χ1n) is 5.49. The van der Waals surface area contributed by atoms with E-state index in [1.807, 2.05) is 35.9 Å². The summed E-state index contributed by atoms with van der Waals surface area (Å²) in [7, 11) is 3.61. The molecule has 0 atom stereocenters.